The highest BCUT2D eigenvalue weighted by atomic mass is 35.5. The van der Waals surface area contributed by atoms with Crippen molar-refractivity contribution < 1.29 is 9.53 Å². The van der Waals surface area contributed by atoms with Crippen LogP contribution in [0.1, 0.15) is 58.8 Å². The molecule has 1 amide bonds. The molecule has 2 atom stereocenters. The number of carbonyl (C=O) groups is 1. The van der Waals surface area contributed by atoms with Crippen LogP contribution >= 0.6 is 12.4 Å². The number of hydrogen-bond acceptors (Lipinski definition) is 3. The average molecular weight is 347 g/mol. The molecule has 2 unspecified atom stereocenters. The highest BCUT2D eigenvalue weighted by Crippen LogP contribution is 2.43. The SMILES string of the molecule is CCOCCC1(CNC(=O)CC(C)C2CCCNC2)CCC1.Cl. The van der Waals surface area contributed by atoms with E-state index in [4.69, 9.17) is 4.74 Å². The van der Waals surface area contributed by atoms with Crippen LogP contribution in [0.25, 0.3) is 0 Å². The van der Waals surface area contributed by atoms with E-state index in [9.17, 15) is 4.79 Å². The summed E-state index contributed by atoms with van der Waals surface area (Å²) in [6.07, 6.45) is 8.05. The van der Waals surface area contributed by atoms with Crippen molar-refractivity contribution in [1.29, 1.82) is 0 Å². The lowest BCUT2D eigenvalue weighted by atomic mass is 9.66. The van der Waals surface area contributed by atoms with Gasteiger partial charge < -0.3 is 15.4 Å². The summed E-state index contributed by atoms with van der Waals surface area (Å²) in [6.45, 7) is 8.94. The summed E-state index contributed by atoms with van der Waals surface area (Å²) in [5, 5.41) is 6.65. The topological polar surface area (TPSA) is 50.4 Å². The molecule has 1 saturated heterocycles. The molecule has 0 radical (unpaired) electrons. The van der Waals surface area contributed by atoms with E-state index in [2.05, 4.69) is 17.6 Å². The average Bonchev–Trinajstić information content (AvgIpc) is 2.50. The van der Waals surface area contributed by atoms with Crippen molar-refractivity contribution in [3.05, 3.63) is 0 Å². The molecule has 0 aromatic rings. The fourth-order valence-corrected chi connectivity index (χ4v) is 3.81. The molecule has 0 aromatic heterocycles. The maximum absolute atomic E-state index is 12.3. The Balaban J connectivity index is 0.00000264. The van der Waals surface area contributed by atoms with Gasteiger partial charge >= 0.3 is 0 Å². The molecular weight excluding hydrogens is 312 g/mol. The first kappa shape index (κ1) is 20.7. The molecule has 2 rings (SSSR count). The van der Waals surface area contributed by atoms with Gasteiger partial charge in [0.15, 0.2) is 0 Å². The minimum absolute atomic E-state index is 0. The molecule has 2 fully saturated rings. The predicted octanol–water partition coefficient (Wildman–Crippen LogP) is 3.15. The van der Waals surface area contributed by atoms with Gasteiger partial charge in [-0.3, -0.25) is 4.79 Å². The smallest absolute Gasteiger partial charge is 0.220 e. The van der Waals surface area contributed by atoms with E-state index in [1.807, 2.05) is 6.92 Å². The van der Waals surface area contributed by atoms with Gasteiger partial charge in [-0.1, -0.05) is 13.3 Å². The number of amides is 1. The molecule has 0 bridgehead atoms. The van der Waals surface area contributed by atoms with E-state index in [-0.39, 0.29) is 18.3 Å². The van der Waals surface area contributed by atoms with Crippen molar-refractivity contribution in [3.8, 4) is 0 Å². The van der Waals surface area contributed by atoms with Crippen molar-refractivity contribution in [1.82, 2.24) is 10.6 Å². The van der Waals surface area contributed by atoms with Gasteiger partial charge in [-0.25, -0.2) is 0 Å². The number of ether oxygens (including phenoxy) is 1. The van der Waals surface area contributed by atoms with Gasteiger partial charge in [-0.05, 0) is 69.4 Å². The molecular formula is C18H35ClN2O2. The normalized spacial score (nSPS) is 24.2. The highest BCUT2D eigenvalue weighted by Gasteiger charge is 2.36. The first-order valence-corrected chi connectivity index (χ1v) is 9.20. The minimum Gasteiger partial charge on any atom is -0.382 e. The van der Waals surface area contributed by atoms with E-state index < -0.39 is 0 Å². The predicted molar refractivity (Wildman–Crippen MR) is 97.0 cm³/mol. The van der Waals surface area contributed by atoms with Crippen molar-refractivity contribution in [2.24, 2.45) is 17.3 Å². The summed E-state index contributed by atoms with van der Waals surface area (Å²) in [5.41, 5.74) is 0.320. The lowest BCUT2D eigenvalue weighted by molar-refractivity contribution is -0.123. The third-order valence-electron chi connectivity index (χ3n) is 5.70. The summed E-state index contributed by atoms with van der Waals surface area (Å²) in [4.78, 5) is 12.3. The third kappa shape index (κ3) is 6.60. The Hall–Kier alpha value is -0.320. The highest BCUT2D eigenvalue weighted by molar-refractivity contribution is 5.85. The van der Waals surface area contributed by atoms with Gasteiger partial charge in [0.05, 0.1) is 0 Å². The number of rotatable bonds is 9. The molecule has 2 aliphatic rings. The van der Waals surface area contributed by atoms with Crippen LogP contribution in [0.4, 0.5) is 0 Å². The molecule has 4 nitrogen and oxygen atoms in total. The number of hydrogen-bond donors (Lipinski definition) is 2. The molecule has 5 heteroatoms. The standard InChI is InChI=1S/C18H34N2O2.ClH/c1-3-22-11-9-18(7-5-8-18)14-20-17(21)12-15(2)16-6-4-10-19-13-16;/h15-16,19H,3-14H2,1-2H3,(H,20,21);1H. The lowest BCUT2D eigenvalue weighted by Gasteiger charge is -2.42. The van der Waals surface area contributed by atoms with E-state index in [1.54, 1.807) is 0 Å². The maximum Gasteiger partial charge on any atom is 0.220 e. The van der Waals surface area contributed by atoms with Crippen molar-refractivity contribution in [2.75, 3.05) is 32.8 Å². The summed E-state index contributed by atoms with van der Waals surface area (Å²) >= 11 is 0. The van der Waals surface area contributed by atoms with Crippen LogP contribution in [0.5, 0.6) is 0 Å². The van der Waals surface area contributed by atoms with Crippen LogP contribution in [-0.4, -0.2) is 38.8 Å². The quantitative estimate of drug-likeness (QED) is 0.630. The molecule has 0 spiro atoms. The molecule has 1 aliphatic carbocycles. The zero-order valence-corrected chi connectivity index (χ0v) is 15.7. The molecule has 1 heterocycles. The van der Waals surface area contributed by atoms with Crippen molar-refractivity contribution in [2.45, 2.75) is 58.8 Å². The Labute approximate surface area is 147 Å². The molecule has 23 heavy (non-hydrogen) atoms. The van der Waals surface area contributed by atoms with Crippen LogP contribution in [0.3, 0.4) is 0 Å². The van der Waals surface area contributed by atoms with Gasteiger partial charge in [0.25, 0.3) is 0 Å². The Kier molecular flexibility index (Phi) is 9.48. The number of carbonyl (C=O) groups excluding carboxylic acids is 1. The minimum atomic E-state index is 0. The van der Waals surface area contributed by atoms with Gasteiger partial charge in [-0.15, -0.1) is 12.4 Å². The van der Waals surface area contributed by atoms with Crippen molar-refractivity contribution in [3.63, 3.8) is 0 Å². The summed E-state index contributed by atoms with van der Waals surface area (Å²) < 4.78 is 5.50. The molecule has 2 N–H and O–H groups in total. The Bertz CT molecular complexity index is 342. The molecule has 1 aliphatic heterocycles. The van der Waals surface area contributed by atoms with Gasteiger partial charge in [0.1, 0.15) is 0 Å². The monoisotopic (exact) mass is 346 g/mol. The second-order valence-electron chi connectivity index (χ2n) is 7.37. The second kappa shape index (κ2) is 10.5. The zero-order chi connectivity index (χ0) is 15.8. The Morgan fingerprint density at radius 2 is 2.17 bits per heavy atom. The third-order valence-corrected chi connectivity index (χ3v) is 5.70. The van der Waals surface area contributed by atoms with Crippen LogP contribution in [0.15, 0.2) is 0 Å². The number of piperidine rings is 1. The zero-order valence-electron chi connectivity index (χ0n) is 14.9. The number of nitrogens with one attached hydrogen (secondary N) is 2. The molecule has 136 valence electrons. The molecule has 0 aromatic carbocycles. The van der Waals surface area contributed by atoms with Gasteiger partial charge in [0, 0.05) is 26.2 Å². The van der Waals surface area contributed by atoms with Crippen LogP contribution in [-0.2, 0) is 9.53 Å². The summed E-state index contributed by atoms with van der Waals surface area (Å²) in [5.74, 6) is 1.38. The first-order valence-electron chi connectivity index (χ1n) is 9.20. The Morgan fingerprint density at radius 1 is 1.39 bits per heavy atom. The van der Waals surface area contributed by atoms with Gasteiger partial charge in [0.2, 0.25) is 5.91 Å². The van der Waals surface area contributed by atoms with E-state index in [0.717, 1.165) is 39.3 Å². The number of halogens is 1. The lowest BCUT2D eigenvalue weighted by Crippen LogP contribution is -2.43. The maximum atomic E-state index is 12.3. The molecule has 1 saturated carbocycles. The van der Waals surface area contributed by atoms with Crippen LogP contribution in [0.2, 0.25) is 0 Å². The van der Waals surface area contributed by atoms with Crippen molar-refractivity contribution >= 4 is 18.3 Å². The van der Waals surface area contributed by atoms with E-state index in [1.165, 1.54) is 32.1 Å². The largest absolute Gasteiger partial charge is 0.382 e. The van der Waals surface area contributed by atoms with E-state index >= 15 is 0 Å². The van der Waals surface area contributed by atoms with Crippen LogP contribution < -0.4 is 10.6 Å². The van der Waals surface area contributed by atoms with Gasteiger partial charge in [-0.2, -0.15) is 0 Å². The fraction of sp³-hybridized carbons (Fsp3) is 0.944. The summed E-state index contributed by atoms with van der Waals surface area (Å²) in [7, 11) is 0. The fourth-order valence-electron chi connectivity index (χ4n) is 3.81. The van der Waals surface area contributed by atoms with E-state index in [0.29, 0.717) is 23.7 Å². The first-order chi connectivity index (χ1) is 10.7. The second-order valence-corrected chi connectivity index (χ2v) is 7.37. The summed E-state index contributed by atoms with van der Waals surface area (Å²) in [6, 6.07) is 0. The Morgan fingerprint density at radius 3 is 2.74 bits per heavy atom. The van der Waals surface area contributed by atoms with Crippen LogP contribution in [0, 0.1) is 17.3 Å².